The summed E-state index contributed by atoms with van der Waals surface area (Å²) >= 11 is 3.68. The van der Waals surface area contributed by atoms with E-state index in [0.29, 0.717) is 6.42 Å². The van der Waals surface area contributed by atoms with E-state index >= 15 is 0 Å². The average molecular weight is 336 g/mol. The van der Waals surface area contributed by atoms with Crippen molar-refractivity contribution in [2.45, 2.75) is 33.2 Å². The second-order valence-corrected chi connectivity index (χ2v) is 7.25. The number of benzene rings is 1. The minimum atomic E-state index is 0.189. The van der Waals surface area contributed by atoms with Crippen LogP contribution in [0.25, 0.3) is 0 Å². The number of anilines is 1. The minimum Gasteiger partial charge on any atom is -0.365 e. The van der Waals surface area contributed by atoms with Gasteiger partial charge in [0, 0.05) is 24.1 Å². The number of hydrogen-bond donors (Lipinski definition) is 1. The van der Waals surface area contributed by atoms with Crippen LogP contribution in [0.4, 0.5) is 5.69 Å². The van der Waals surface area contributed by atoms with Crippen molar-refractivity contribution in [3.63, 3.8) is 0 Å². The predicted molar refractivity (Wildman–Crippen MR) is 86.9 cm³/mol. The van der Waals surface area contributed by atoms with Crippen LogP contribution in [0.1, 0.15) is 25.8 Å². The van der Waals surface area contributed by atoms with Crippen LogP contribution in [0.3, 0.4) is 0 Å². The lowest BCUT2D eigenvalue weighted by Gasteiger charge is -2.35. The van der Waals surface area contributed by atoms with Gasteiger partial charge in [0.15, 0.2) is 0 Å². The first-order valence-electron chi connectivity index (χ1n) is 7.03. The maximum Gasteiger partial charge on any atom is 0.0643 e. The first kappa shape index (κ1) is 15.3. The van der Waals surface area contributed by atoms with Gasteiger partial charge in [-0.05, 0) is 46.0 Å². The van der Waals surface area contributed by atoms with Gasteiger partial charge in [0.2, 0.25) is 0 Å². The van der Waals surface area contributed by atoms with Gasteiger partial charge in [-0.15, -0.1) is 0 Å². The molecule has 1 aliphatic rings. The van der Waals surface area contributed by atoms with Crippen molar-refractivity contribution < 1.29 is 0 Å². The van der Waals surface area contributed by atoms with Gasteiger partial charge in [-0.3, -0.25) is 0 Å². The quantitative estimate of drug-likeness (QED) is 0.899. The van der Waals surface area contributed by atoms with Gasteiger partial charge in [0.05, 0.1) is 24.2 Å². The topological polar surface area (TPSA) is 39.1 Å². The Bertz CT molecular complexity index is 519. The smallest absolute Gasteiger partial charge is 0.0643 e. The van der Waals surface area contributed by atoms with E-state index in [9.17, 15) is 0 Å². The van der Waals surface area contributed by atoms with Crippen LogP contribution < -0.4 is 10.2 Å². The van der Waals surface area contributed by atoms with Crippen LogP contribution in [0.15, 0.2) is 22.7 Å². The zero-order valence-corrected chi connectivity index (χ0v) is 14.0. The number of rotatable bonds is 2. The molecule has 0 bridgehead atoms. The number of aryl methyl sites for hydroxylation is 1. The molecule has 1 saturated heterocycles. The maximum absolute atomic E-state index is 9.10. The van der Waals surface area contributed by atoms with Crippen molar-refractivity contribution in [3.05, 3.63) is 28.2 Å². The third kappa shape index (κ3) is 3.53. The number of nitrogens with zero attached hydrogens (tertiary/aromatic N) is 2. The maximum atomic E-state index is 9.10. The van der Waals surface area contributed by atoms with E-state index in [4.69, 9.17) is 5.26 Å². The van der Waals surface area contributed by atoms with Crippen molar-refractivity contribution in [2.75, 3.05) is 24.5 Å². The molecule has 4 heteroatoms. The third-order valence-electron chi connectivity index (χ3n) is 3.76. The molecule has 3 nitrogen and oxygen atoms in total. The Morgan fingerprint density at radius 2 is 2.25 bits per heavy atom. The SMILES string of the molecule is Cc1ccc(N2CC(C)(C)CNCC2CC#N)c(Br)c1. The fourth-order valence-corrected chi connectivity index (χ4v) is 3.47. The molecule has 0 spiro atoms. The highest BCUT2D eigenvalue weighted by Crippen LogP contribution is 2.33. The Morgan fingerprint density at radius 1 is 1.50 bits per heavy atom. The fraction of sp³-hybridized carbons (Fsp3) is 0.562. The highest BCUT2D eigenvalue weighted by Gasteiger charge is 2.31. The second-order valence-electron chi connectivity index (χ2n) is 6.39. The van der Waals surface area contributed by atoms with Crippen molar-refractivity contribution in [1.29, 1.82) is 5.26 Å². The molecule has 1 heterocycles. The van der Waals surface area contributed by atoms with Crippen molar-refractivity contribution in [3.8, 4) is 6.07 Å². The summed E-state index contributed by atoms with van der Waals surface area (Å²) in [5.74, 6) is 0. The molecule has 1 atom stereocenters. The molecular formula is C16H22BrN3. The summed E-state index contributed by atoms with van der Waals surface area (Å²) in [5, 5.41) is 12.6. The van der Waals surface area contributed by atoms with Gasteiger partial charge < -0.3 is 10.2 Å². The summed E-state index contributed by atoms with van der Waals surface area (Å²) < 4.78 is 1.11. The molecule has 0 aliphatic carbocycles. The molecule has 2 rings (SSSR count). The lowest BCUT2D eigenvalue weighted by Crippen LogP contribution is -2.41. The zero-order chi connectivity index (χ0) is 14.8. The summed E-state index contributed by atoms with van der Waals surface area (Å²) in [7, 11) is 0. The van der Waals surface area contributed by atoms with Crippen molar-refractivity contribution in [2.24, 2.45) is 5.41 Å². The highest BCUT2D eigenvalue weighted by atomic mass is 79.9. The number of nitriles is 1. The summed E-state index contributed by atoms with van der Waals surface area (Å²) in [5.41, 5.74) is 2.62. The summed E-state index contributed by atoms with van der Waals surface area (Å²) in [6, 6.07) is 8.98. The van der Waals surface area contributed by atoms with Crippen LogP contribution in [0, 0.1) is 23.7 Å². The lowest BCUT2D eigenvalue weighted by atomic mass is 9.92. The largest absolute Gasteiger partial charge is 0.365 e. The van der Waals surface area contributed by atoms with Gasteiger partial charge in [-0.1, -0.05) is 19.9 Å². The molecule has 1 aromatic carbocycles. The number of nitrogens with one attached hydrogen (secondary N) is 1. The van der Waals surface area contributed by atoms with E-state index in [1.165, 1.54) is 11.3 Å². The van der Waals surface area contributed by atoms with E-state index in [1.807, 2.05) is 0 Å². The van der Waals surface area contributed by atoms with Crippen LogP contribution in [0.2, 0.25) is 0 Å². The van der Waals surface area contributed by atoms with Gasteiger partial charge in [-0.2, -0.15) is 5.26 Å². The van der Waals surface area contributed by atoms with E-state index in [2.05, 4.69) is 71.2 Å². The Kier molecular flexibility index (Phi) is 4.72. The van der Waals surface area contributed by atoms with Crippen LogP contribution in [0.5, 0.6) is 0 Å². The normalized spacial score (nSPS) is 22.1. The lowest BCUT2D eigenvalue weighted by molar-refractivity contribution is 0.369. The monoisotopic (exact) mass is 335 g/mol. The summed E-state index contributed by atoms with van der Waals surface area (Å²) in [4.78, 5) is 2.38. The van der Waals surface area contributed by atoms with E-state index in [-0.39, 0.29) is 11.5 Å². The van der Waals surface area contributed by atoms with Gasteiger partial charge in [-0.25, -0.2) is 0 Å². The number of hydrogen-bond acceptors (Lipinski definition) is 3. The molecule has 108 valence electrons. The van der Waals surface area contributed by atoms with Crippen molar-refractivity contribution in [1.82, 2.24) is 5.32 Å². The molecular weight excluding hydrogens is 314 g/mol. The van der Waals surface area contributed by atoms with E-state index in [1.54, 1.807) is 0 Å². The molecule has 1 N–H and O–H groups in total. The first-order valence-corrected chi connectivity index (χ1v) is 7.83. The van der Waals surface area contributed by atoms with Crippen LogP contribution in [-0.2, 0) is 0 Å². The fourth-order valence-electron chi connectivity index (χ4n) is 2.75. The highest BCUT2D eigenvalue weighted by molar-refractivity contribution is 9.10. The molecule has 0 amide bonds. The zero-order valence-electron chi connectivity index (χ0n) is 12.4. The molecule has 1 unspecified atom stereocenters. The third-order valence-corrected chi connectivity index (χ3v) is 4.40. The molecule has 1 aliphatic heterocycles. The average Bonchev–Trinajstić information content (AvgIpc) is 2.49. The summed E-state index contributed by atoms with van der Waals surface area (Å²) in [6.07, 6.45) is 0.545. The Labute approximate surface area is 130 Å². The van der Waals surface area contributed by atoms with Gasteiger partial charge in [0.25, 0.3) is 0 Å². The van der Waals surface area contributed by atoms with Gasteiger partial charge in [0.1, 0.15) is 0 Å². The molecule has 0 saturated carbocycles. The Balaban J connectivity index is 2.38. The number of halogens is 1. The minimum absolute atomic E-state index is 0.189. The molecule has 0 radical (unpaired) electrons. The molecule has 1 fully saturated rings. The summed E-state index contributed by atoms with van der Waals surface area (Å²) in [6.45, 7) is 9.42. The molecule has 1 aromatic rings. The van der Waals surface area contributed by atoms with Crippen molar-refractivity contribution >= 4 is 21.6 Å². The van der Waals surface area contributed by atoms with Crippen LogP contribution >= 0.6 is 15.9 Å². The second kappa shape index (κ2) is 6.15. The standard InChI is InChI=1S/C16H22BrN3/c1-12-4-5-15(14(17)8-12)20-11-16(2,3)10-19-9-13(20)6-7-18/h4-5,8,13,19H,6,9-11H2,1-3H3. The molecule has 20 heavy (non-hydrogen) atoms. The Hall–Kier alpha value is -1.05. The van der Waals surface area contributed by atoms with E-state index < -0.39 is 0 Å². The van der Waals surface area contributed by atoms with Crippen LogP contribution in [-0.4, -0.2) is 25.7 Å². The van der Waals surface area contributed by atoms with Gasteiger partial charge >= 0.3 is 0 Å². The Morgan fingerprint density at radius 3 is 2.90 bits per heavy atom. The van der Waals surface area contributed by atoms with E-state index in [0.717, 1.165) is 24.1 Å². The molecule has 0 aromatic heterocycles. The predicted octanol–water partition coefficient (Wildman–Crippen LogP) is 3.48. The first-order chi connectivity index (χ1) is 9.43.